The van der Waals surface area contributed by atoms with Crippen LogP contribution in [0.4, 0.5) is 0 Å². The Hall–Kier alpha value is -0.340. The van der Waals surface area contributed by atoms with Gasteiger partial charge in [0.15, 0.2) is 0 Å². The highest BCUT2D eigenvalue weighted by Gasteiger charge is 2.11. The van der Waals surface area contributed by atoms with Gasteiger partial charge in [0.1, 0.15) is 0 Å². The minimum absolute atomic E-state index is 0.681. The molecule has 0 atom stereocenters. The summed E-state index contributed by atoms with van der Waals surface area (Å²) < 4.78 is 0.681. The van der Waals surface area contributed by atoms with Gasteiger partial charge in [-0.25, -0.2) is 0 Å². The van der Waals surface area contributed by atoms with E-state index in [4.69, 9.17) is 0 Å². The van der Waals surface area contributed by atoms with E-state index in [0.717, 1.165) is 0 Å². The first kappa shape index (κ1) is 9.22. The molecule has 1 fully saturated rings. The van der Waals surface area contributed by atoms with Crippen molar-refractivity contribution in [2.24, 2.45) is 0 Å². The smallest absolute Gasteiger partial charge is 0.0686 e. The minimum Gasteiger partial charge on any atom is -0.143 e. The Bertz CT molecular complexity index is 273. The molecule has 1 aliphatic heterocycles. The molecule has 0 amide bonds. The summed E-state index contributed by atoms with van der Waals surface area (Å²) >= 11 is 4.08. The van der Waals surface area contributed by atoms with Crippen LogP contribution in [0.2, 0.25) is 0 Å². The first-order valence-corrected chi connectivity index (χ1v) is 6.51. The molecule has 68 valence electrons. The molecule has 2 heteroatoms. The van der Waals surface area contributed by atoms with E-state index >= 15 is 0 Å². The zero-order chi connectivity index (χ0) is 8.93. The fourth-order valence-corrected chi connectivity index (χ4v) is 3.82. The van der Waals surface area contributed by atoms with Gasteiger partial charge in [0, 0.05) is 11.5 Å². The molecule has 0 nitrogen and oxygen atoms in total. The maximum Gasteiger partial charge on any atom is 0.0686 e. The van der Waals surface area contributed by atoms with Gasteiger partial charge < -0.3 is 0 Å². The van der Waals surface area contributed by atoms with Crippen LogP contribution in [-0.2, 0) is 0 Å². The molecule has 0 aromatic heterocycles. The van der Waals surface area contributed by atoms with Crippen LogP contribution in [0, 0.1) is 0 Å². The van der Waals surface area contributed by atoms with Crippen molar-refractivity contribution in [3.8, 4) is 0 Å². The fraction of sp³-hybridized carbons (Fsp3) is 0.273. The van der Waals surface area contributed by atoms with Crippen molar-refractivity contribution in [2.75, 3.05) is 11.5 Å². The lowest BCUT2D eigenvalue weighted by Gasteiger charge is -1.98. The molecule has 0 radical (unpaired) electrons. The van der Waals surface area contributed by atoms with Gasteiger partial charge in [-0.15, -0.1) is 23.5 Å². The molecule has 0 bridgehead atoms. The highest BCUT2D eigenvalue weighted by molar-refractivity contribution is 8.20. The van der Waals surface area contributed by atoms with Crippen LogP contribution in [0.25, 0.3) is 6.08 Å². The number of benzene rings is 1. The average Bonchev–Trinajstić information content (AvgIpc) is 2.69. The van der Waals surface area contributed by atoms with E-state index in [1.54, 1.807) is 0 Å². The van der Waals surface area contributed by atoms with Crippen LogP contribution < -0.4 is 0 Å². The van der Waals surface area contributed by atoms with E-state index in [9.17, 15) is 0 Å². The van der Waals surface area contributed by atoms with Crippen LogP contribution in [0.1, 0.15) is 5.56 Å². The summed E-state index contributed by atoms with van der Waals surface area (Å²) in [6, 6.07) is 10.5. The first-order valence-electron chi connectivity index (χ1n) is 4.41. The van der Waals surface area contributed by atoms with Crippen LogP contribution in [0.3, 0.4) is 0 Å². The van der Waals surface area contributed by atoms with Crippen LogP contribution in [0.15, 0.2) is 36.4 Å². The second kappa shape index (κ2) is 4.77. The third-order valence-corrected chi connectivity index (χ3v) is 4.82. The zero-order valence-electron chi connectivity index (χ0n) is 7.35. The van der Waals surface area contributed by atoms with Crippen molar-refractivity contribution < 1.29 is 0 Å². The number of thioether (sulfide) groups is 2. The molecule has 1 saturated heterocycles. The molecule has 0 saturated carbocycles. The predicted octanol–water partition coefficient (Wildman–Crippen LogP) is 3.51. The molecule has 1 aliphatic rings. The SMILES string of the molecule is C(=C\C1SCCS1)/c1ccccc1. The molecular weight excluding hydrogens is 196 g/mol. The Morgan fingerprint density at radius 3 is 2.46 bits per heavy atom. The van der Waals surface area contributed by atoms with Crippen molar-refractivity contribution in [1.29, 1.82) is 0 Å². The second-order valence-electron chi connectivity index (χ2n) is 2.88. The largest absolute Gasteiger partial charge is 0.143 e. The molecule has 13 heavy (non-hydrogen) atoms. The van der Waals surface area contributed by atoms with Gasteiger partial charge in [0.05, 0.1) is 4.58 Å². The van der Waals surface area contributed by atoms with Gasteiger partial charge in [-0.05, 0) is 5.56 Å². The van der Waals surface area contributed by atoms with Crippen LogP contribution >= 0.6 is 23.5 Å². The third kappa shape index (κ3) is 2.82. The van der Waals surface area contributed by atoms with Gasteiger partial charge in [0.2, 0.25) is 0 Å². The highest BCUT2D eigenvalue weighted by Crippen LogP contribution is 2.32. The molecule has 0 aliphatic carbocycles. The monoisotopic (exact) mass is 208 g/mol. The summed E-state index contributed by atoms with van der Waals surface area (Å²) in [6.07, 6.45) is 4.52. The van der Waals surface area contributed by atoms with Gasteiger partial charge in [0.25, 0.3) is 0 Å². The maximum atomic E-state index is 2.30. The molecule has 1 aromatic rings. The van der Waals surface area contributed by atoms with E-state index in [1.807, 2.05) is 23.5 Å². The Balaban J connectivity index is 1.97. The summed E-state index contributed by atoms with van der Waals surface area (Å²) in [7, 11) is 0. The minimum atomic E-state index is 0.681. The van der Waals surface area contributed by atoms with Crippen LogP contribution in [-0.4, -0.2) is 16.1 Å². The molecule has 1 aromatic carbocycles. The van der Waals surface area contributed by atoms with Crippen molar-refractivity contribution in [3.05, 3.63) is 42.0 Å². The first-order chi connectivity index (χ1) is 6.45. The second-order valence-corrected chi connectivity index (χ2v) is 5.68. The lowest BCUT2D eigenvalue weighted by Crippen LogP contribution is -1.82. The standard InChI is InChI=1S/C11H12S2/c1-2-4-10(5-3-1)6-7-11-12-8-9-13-11/h1-7,11H,8-9H2/b7-6+. The normalized spacial score (nSPS) is 18.5. The molecule has 1 heterocycles. The molecule has 0 spiro atoms. The Kier molecular flexibility index (Phi) is 3.39. The van der Waals surface area contributed by atoms with E-state index in [1.165, 1.54) is 17.1 Å². The lowest BCUT2D eigenvalue weighted by molar-refractivity contribution is 1.59. The maximum absolute atomic E-state index is 2.30. The zero-order valence-corrected chi connectivity index (χ0v) is 8.98. The summed E-state index contributed by atoms with van der Waals surface area (Å²) in [5.41, 5.74) is 1.30. The average molecular weight is 208 g/mol. The Morgan fingerprint density at radius 2 is 1.77 bits per heavy atom. The highest BCUT2D eigenvalue weighted by atomic mass is 32.2. The summed E-state index contributed by atoms with van der Waals surface area (Å²) in [5, 5.41) is 0. The van der Waals surface area contributed by atoms with Gasteiger partial charge in [-0.3, -0.25) is 0 Å². The van der Waals surface area contributed by atoms with Crippen molar-refractivity contribution in [3.63, 3.8) is 0 Å². The topological polar surface area (TPSA) is 0 Å². The molecule has 0 N–H and O–H groups in total. The van der Waals surface area contributed by atoms with E-state index in [0.29, 0.717) is 4.58 Å². The summed E-state index contributed by atoms with van der Waals surface area (Å²) in [5.74, 6) is 2.60. The van der Waals surface area contributed by atoms with Gasteiger partial charge in [-0.1, -0.05) is 42.5 Å². The van der Waals surface area contributed by atoms with Gasteiger partial charge in [-0.2, -0.15) is 0 Å². The van der Waals surface area contributed by atoms with E-state index in [-0.39, 0.29) is 0 Å². The molecule has 2 rings (SSSR count). The predicted molar refractivity (Wildman–Crippen MR) is 64.2 cm³/mol. The summed E-state index contributed by atoms with van der Waals surface area (Å²) in [4.78, 5) is 0. The summed E-state index contributed by atoms with van der Waals surface area (Å²) in [6.45, 7) is 0. The quantitative estimate of drug-likeness (QED) is 0.729. The number of hydrogen-bond acceptors (Lipinski definition) is 2. The van der Waals surface area contributed by atoms with Crippen molar-refractivity contribution in [1.82, 2.24) is 0 Å². The van der Waals surface area contributed by atoms with Crippen molar-refractivity contribution in [2.45, 2.75) is 4.58 Å². The van der Waals surface area contributed by atoms with Crippen LogP contribution in [0.5, 0.6) is 0 Å². The molecular formula is C11H12S2. The fourth-order valence-electron chi connectivity index (χ4n) is 1.24. The van der Waals surface area contributed by atoms with E-state index < -0.39 is 0 Å². The lowest BCUT2D eigenvalue weighted by atomic mass is 10.2. The van der Waals surface area contributed by atoms with Gasteiger partial charge >= 0.3 is 0 Å². The Morgan fingerprint density at radius 1 is 1.08 bits per heavy atom. The number of hydrogen-bond donors (Lipinski definition) is 0. The number of rotatable bonds is 2. The molecule has 0 unspecified atom stereocenters. The Labute approximate surface area is 87.8 Å². The third-order valence-electron chi connectivity index (χ3n) is 1.89. The van der Waals surface area contributed by atoms with Crippen molar-refractivity contribution >= 4 is 29.6 Å². The van der Waals surface area contributed by atoms with E-state index in [2.05, 4.69) is 42.5 Å².